The van der Waals surface area contributed by atoms with Gasteiger partial charge in [0, 0.05) is 25.2 Å². The number of halogens is 1. The van der Waals surface area contributed by atoms with Crippen LogP contribution in [0.15, 0.2) is 23.2 Å². The lowest BCUT2D eigenvalue weighted by atomic mass is 10.0. The van der Waals surface area contributed by atoms with Crippen molar-refractivity contribution in [3.8, 4) is 0 Å². The number of nitrogens with zero attached hydrogens (tertiary/aromatic N) is 3. The van der Waals surface area contributed by atoms with Crippen molar-refractivity contribution in [2.75, 3.05) is 27.2 Å². The van der Waals surface area contributed by atoms with Crippen molar-refractivity contribution in [3.05, 3.63) is 35.1 Å². The van der Waals surface area contributed by atoms with E-state index in [1.807, 2.05) is 25.1 Å². The van der Waals surface area contributed by atoms with E-state index in [-0.39, 0.29) is 5.82 Å². The SMILES string of the molecule is CC1CCCN(C(N)=NCc2ccc(F)c(CN(C)C)c2)C1. The van der Waals surface area contributed by atoms with Crippen molar-refractivity contribution in [2.45, 2.75) is 32.9 Å². The van der Waals surface area contributed by atoms with E-state index in [4.69, 9.17) is 5.73 Å². The zero-order valence-electron chi connectivity index (χ0n) is 13.8. The number of nitrogens with two attached hydrogens (primary N) is 1. The van der Waals surface area contributed by atoms with Gasteiger partial charge in [0.25, 0.3) is 0 Å². The van der Waals surface area contributed by atoms with Crippen LogP contribution in [-0.2, 0) is 13.1 Å². The average Bonchev–Trinajstić information content (AvgIpc) is 2.47. The van der Waals surface area contributed by atoms with Gasteiger partial charge in [0.1, 0.15) is 5.82 Å². The Hall–Kier alpha value is -1.62. The summed E-state index contributed by atoms with van der Waals surface area (Å²) in [5.41, 5.74) is 7.79. The average molecular weight is 306 g/mol. The van der Waals surface area contributed by atoms with Crippen LogP contribution in [0, 0.1) is 11.7 Å². The molecule has 2 N–H and O–H groups in total. The lowest BCUT2D eigenvalue weighted by Crippen LogP contribution is -2.43. The van der Waals surface area contributed by atoms with Crippen molar-refractivity contribution in [1.82, 2.24) is 9.80 Å². The molecule has 0 aromatic heterocycles. The van der Waals surface area contributed by atoms with Gasteiger partial charge in [0.15, 0.2) is 5.96 Å². The molecule has 1 atom stereocenters. The number of guanidine groups is 1. The third kappa shape index (κ3) is 4.70. The summed E-state index contributed by atoms with van der Waals surface area (Å²) in [7, 11) is 3.86. The molecule has 0 bridgehead atoms. The van der Waals surface area contributed by atoms with Gasteiger partial charge >= 0.3 is 0 Å². The zero-order chi connectivity index (χ0) is 16.1. The number of hydrogen-bond donors (Lipinski definition) is 1. The standard InChI is InChI=1S/C17H27FN4/c1-13-5-4-8-22(11-13)17(19)20-10-14-6-7-16(18)15(9-14)12-21(2)3/h6-7,9,13H,4-5,8,10-12H2,1-3H3,(H2,19,20). The predicted molar refractivity (Wildman–Crippen MR) is 89.1 cm³/mol. The van der Waals surface area contributed by atoms with Crippen LogP contribution < -0.4 is 5.73 Å². The van der Waals surface area contributed by atoms with Crippen molar-refractivity contribution in [2.24, 2.45) is 16.6 Å². The fourth-order valence-electron chi connectivity index (χ4n) is 2.86. The van der Waals surface area contributed by atoms with Crippen molar-refractivity contribution < 1.29 is 4.39 Å². The summed E-state index contributed by atoms with van der Waals surface area (Å²) in [5.74, 6) is 1.10. The van der Waals surface area contributed by atoms with Crippen LogP contribution in [0.25, 0.3) is 0 Å². The van der Waals surface area contributed by atoms with Crippen LogP contribution in [0.1, 0.15) is 30.9 Å². The molecular formula is C17H27FN4. The van der Waals surface area contributed by atoms with E-state index in [1.54, 1.807) is 6.07 Å². The molecule has 1 saturated heterocycles. The molecule has 1 fully saturated rings. The molecule has 0 amide bonds. The number of aliphatic imine (C=N–C) groups is 1. The summed E-state index contributed by atoms with van der Waals surface area (Å²) in [6, 6.07) is 5.18. The fraction of sp³-hybridized carbons (Fsp3) is 0.588. The number of benzene rings is 1. The Labute approximate surface area is 132 Å². The predicted octanol–water partition coefficient (Wildman–Crippen LogP) is 2.43. The summed E-state index contributed by atoms with van der Waals surface area (Å²) in [5, 5.41) is 0. The summed E-state index contributed by atoms with van der Waals surface area (Å²) < 4.78 is 13.8. The molecule has 1 aliphatic heterocycles. The van der Waals surface area contributed by atoms with Crippen LogP contribution in [0.4, 0.5) is 4.39 Å². The number of likely N-dealkylation sites (tertiary alicyclic amines) is 1. The molecular weight excluding hydrogens is 279 g/mol. The van der Waals surface area contributed by atoms with Crippen LogP contribution in [-0.4, -0.2) is 42.9 Å². The fourth-order valence-corrected chi connectivity index (χ4v) is 2.86. The maximum atomic E-state index is 13.8. The van der Waals surface area contributed by atoms with E-state index in [1.165, 1.54) is 18.9 Å². The third-order valence-corrected chi connectivity index (χ3v) is 4.00. The summed E-state index contributed by atoms with van der Waals surface area (Å²) >= 11 is 0. The second kappa shape index (κ2) is 7.58. The molecule has 0 radical (unpaired) electrons. The molecule has 1 heterocycles. The first-order valence-corrected chi connectivity index (χ1v) is 7.92. The topological polar surface area (TPSA) is 44.9 Å². The maximum absolute atomic E-state index is 13.8. The molecule has 1 aromatic rings. The minimum atomic E-state index is -0.167. The molecule has 0 saturated carbocycles. The van der Waals surface area contributed by atoms with Crippen LogP contribution >= 0.6 is 0 Å². The van der Waals surface area contributed by atoms with Gasteiger partial charge in [-0.1, -0.05) is 13.0 Å². The molecule has 1 unspecified atom stereocenters. The summed E-state index contributed by atoms with van der Waals surface area (Å²) in [4.78, 5) is 8.59. The lowest BCUT2D eigenvalue weighted by Gasteiger charge is -2.31. The molecule has 2 rings (SSSR count). The minimum absolute atomic E-state index is 0.167. The molecule has 22 heavy (non-hydrogen) atoms. The number of hydrogen-bond acceptors (Lipinski definition) is 2. The smallest absolute Gasteiger partial charge is 0.191 e. The Morgan fingerprint density at radius 1 is 1.45 bits per heavy atom. The highest BCUT2D eigenvalue weighted by Crippen LogP contribution is 2.16. The summed E-state index contributed by atoms with van der Waals surface area (Å²) in [6.07, 6.45) is 2.43. The molecule has 0 aliphatic carbocycles. The molecule has 5 heteroatoms. The molecule has 4 nitrogen and oxygen atoms in total. The van der Waals surface area contributed by atoms with Crippen molar-refractivity contribution >= 4 is 5.96 Å². The van der Waals surface area contributed by atoms with Crippen LogP contribution in [0.5, 0.6) is 0 Å². The van der Waals surface area contributed by atoms with E-state index in [0.29, 0.717) is 30.5 Å². The van der Waals surface area contributed by atoms with E-state index in [9.17, 15) is 4.39 Å². The molecule has 1 aliphatic rings. The van der Waals surface area contributed by atoms with Crippen molar-refractivity contribution in [3.63, 3.8) is 0 Å². The van der Waals surface area contributed by atoms with Crippen LogP contribution in [0.3, 0.4) is 0 Å². The minimum Gasteiger partial charge on any atom is -0.370 e. The van der Waals surface area contributed by atoms with E-state index in [2.05, 4.69) is 16.8 Å². The van der Waals surface area contributed by atoms with Crippen LogP contribution in [0.2, 0.25) is 0 Å². The van der Waals surface area contributed by atoms with E-state index in [0.717, 1.165) is 18.7 Å². The zero-order valence-corrected chi connectivity index (χ0v) is 13.8. The highest BCUT2D eigenvalue weighted by Gasteiger charge is 2.17. The Bertz CT molecular complexity index is 527. The summed E-state index contributed by atoms with van der Waals surface area (Å²) in [6.45, 7) is 5.28. The number of rotatable bonds is 4. The quantitative estimate of drug-likeness (QED) is 0.686. The van der Waals surface area contributed by atoms with Gasteiger partial charge in [-0.15, -0.1) is 0 Å². The Morgan fingerprint density at radius 3 is 2.91 bits per heavy atom. The number of piperidine rings is 1. The Morgan fingerprint density at radius 2 is 2.23 bits per heavy atom. The van der Waals surface area contributed by atoms with Gasteiger partial charge in [-0.3, -0.25) is 0 Å². The third-order valence-electron chi connectivity index (χ3n) is 4.00. The second-order valence-electron chi connectivity index (χ2n) is 6.53. The molecule has 1 aromatic carbocycles. The van der Waals surface area contributed by atoms with Gasteiger partial charge in [-0.05, 0) is 50.6 Å². The van der Waals surface area contributed by atoms with E-state index < -0.39 is 0 Å². The first kappa shape index (κ1) is 16.7. The second-order valence-corrected chi connectivity index (χ2v) is 6.53. The Balaban J connectivity index is 2.02. The monoisotopic (exact) mass is 306 g/mol. The lowest BCUT2D eigenvalue weighted by molar-refractivity contribution is 0.270. The highest BCUT2D eigenvalue weighted by molar-refractivity contribution is 5.78. The maximum Gasteiger partial charge on any atom is 0.191 e. The molecule has 0 spiro atoms. The van der Waals surface area contributed by atoms with Gasteiger partial charge < -0.3 is 15.5 Å². The van der Waals surface area contributed by atoms with Gasteiger partial charge in [-0.25, -0.2) is 9.38 Å². The van der Waals surface area contributed by atoms with E-state index >= 15 is 0 Å². The first-order valence-electron chi connectivity index (χ1n) is 7.92. The van der Waals surface area contributed by atoms with Gasteiger partial charge in [0.2, 0.25) is 0 Å². The van der Waals surface area contributed by atoms with Gasteiger partial charge in [-0.2, -0.15) is 0 Å². The highest BCUT2D eigenvalue weighted by atomic mass is 19.1. The Kier molecular flexibility index (Phi) is 5.77. The van der Waals surface area contributed by atoms with Gasteiger partial charge in [0.05, 0.1) is 6.54 Å². The first-order chi connectivity index (χ1) is 10.5. The molecule has 122 valence electrons. The largest absolute Gasteiger partial charge is 0.370 e. The van der Waals surface area contributed by atoms with Crippen molar-refractivity contribution in [1.29, 1.82) is 0 Å². The normalized spacial score (nSPS) is 19.8.